The number of carbonyl (C=O) groups is 2. The summed E-state index contributed by atoms with van der Waals surface area (Å²) < 4.78 is 5.17. The maximum atomic E-state index is 12.2. The smallest absolute Gasteiger partial charge is 0.341 e. The highest BCUT2D eigenvalue weighted by atomic mass is 16.5. The van der Waals surface area contributed by atoms with Gasteiger partial charge in [-0.3, -0.25) is 9.89 Å². The van der Waals surface area contributed by atoms with Gasteiger partial charge in [-0.2, -0.15) is 10.2 Å². The van der Waals surface area contributed by atoms with Gasteiger partial charge in [0.1, 0.15) is 11.4 Å². The molecule has 3 rings (SSSR count). The summed E-state index contributed by atoms with van der Waals surface area (Å²) in [4.78, 5) is 22.8. The van der Waals surface area contributed by atoms with Crippen molar-refractivity contribution in [1.82, 2.24) is 15.6 Å². The molecule has 0 spiro atoms. The van der Waals surface area contributed by atoms with Crippen molar-refractivity contribution in [2.24, 2.45) is 5.10 Å². The molecule has 3 N–H and O–H groups in total. The molecule has 1 amide bonds. The Balaban J connectivity index is 1.64. The zero-order chi connectivity index (χ0) is 19.1. The molecule has 3 aromatic rings. The van der Waals surface area contributed by atoms with Crippen LogP contribution in [0.1, 0.15) is 16.1 Å². The summed E-state index contributed by atoms with van der Waals surface area (Å²) in [6.45, 7) is -0.465. The standard InChI is InChI=1S/C19H16N4O4/c24-18(25)12-27-17-9-5-4-8-14(17)11-20-23-19(26)16-10-15(21-22-16)13-6-2-1-3-7-13/h1-11H,12H2,(H,21,22)(H,23,26)(H,24,25)/b20-11+. The highest BCUT2D eigenvalue weighted by molar-refractivity contribution is 5.94. The molecule has 8 heteroatoms. The molecule has 0 unspecified atom stereocenters. The number of hydrogen-bond donors (Lipinski definition) is 3. The van der Waals surface area contributed by atoms with Crippen molar-refractivity contribution in [3.63, 3.8) is 0 Å². The number of carboxylic acids is 1. The normalized spacial score (nSPS) is 10.7. The molecule has 0 radical (unpaired) electrons. The first kappa shape index (κ1) is 17.9. The van der Waals surface area contributed by atoms with E-state index in [0.717, 1.165) is 5.56 Å². The number of amides is 1. The fourth-order valence-corrected chi connectivity index (χ4v) is 2.27. The minimum absolute atomic E-state index is 0.265. The number of carboxylic acid groups (broad SMARTS) is 1. The molecule has 0 bridgehead atoms. The zero-order valence-electron chi connectivity index (χ0n) is 14.1. The second-order valence-corrected chi connectivity index (χ2v) is 5.45. The van der Waals surface area contributed by atoms with Crippen LogP contribution in [0.4, 0.5) is 0 Å². The predicted molar refractivity (Wildman–Crippen MR) is 98.7 cm³/mol. The number of aromatic amines is 1. The maximum absolute atomic E-state index is 12.2. The summed E-state index contributed by atoms with van der Waals surface area (Å²) in [6.07, 6.45) is 1.38. The number of benzene rings is 2. The van der Waals surface area contributed by atoms with Crippen LogP contribution in [0.25, 0.3) is 11.3 Å². The van der Waals surface area contributed by atoms with Crippen LogP contribution in [-0.2, 0) is 4.79 Å². The van der Waals surface area contributed by atoms with E-state index in [9.17, 15) is 9.59 Å². The predicted octanol–water partition coefficient (Wildman–Crippen LogP) is 2.30. The number of H-pyrrole nitrogens is 1. The molecule has 27 heavy (non-hydrogen) atoms. The number of nitrogens with one attached hydrogen (secondary N) is 2. The van der Waals surface area contributed by atoms with Crippen LogP contribution in [0.2, 0.25) is 0 Å². The van der Waals surface area contributed by atoms with Crippen molar-refractivity contribution in [2.45, 2.75) is 0 Å². The number of nitrogens with zero attached hydrogens (tertiary/aromatic N) is 2. The van der Waals surface area contributed by atoms with Gasteiger partial charge in [-0.25, -0.2) is 10.2 Å². The monoisotopic (exact) mass is 364 g/mol. The molecule has 0 aliphatic rings. The van der Waals surface area contributed by atoms with Crippen LogP contribution >= 0.6 is 0 Å². The number of rotatable bonds is 7. The third-order valence-electron chi connectivity index (χ3n) is 3.53. The summed E-state index contributed by atoms with van der Waals surface area (Å²) in [5.74, 6) is -1.18. The topological polar surface area (TPSA) is 117 Å². The van der Waals surface area contributed by atoms with E-state index in [4.69, 9.17) is 9.84 Å². The molecule has 8 nitrogen and oxygen atoms in total. The van der Waals surface area contributed by atoms with Crippen LogP contribution < -0.4 is 10.2 Å². The van der Waals surface area contributed by atoms with E-state index < -0.39 is 18.5 Å². The number of para-hydroxylation sites is 1. The van der Waals surface area contributed by atoms with Crippen LogP contribution in [0, 0.1) is 0 Å². The highest BCUT2D eigenvalue weighted by Crippen LogP contribution is 2.17. The van der Waals surface area contributed by atoms with Gasteiger partial charge in [-0.05, 0) is 18.2 Å². The Morgan fingerprint density at radius 1 is 1.15 bits per heavy atom. The van der Waals surface area contributed by atoms with Gasteiger partial charge in [0.05, 0.1) is 11.9 Å². The molecule has 2 aromatic carbocycles. The molecule has 1 heterocycles. The van der Waals surface area contributed by atoms with E-state index in [1.54, 1.807) is 30.3 Å². The average molecular weight is 364 g/mol. The molecule has 0 atom stereocenters. The van der Waals surface area contributed by atoms with Crippen LogP contribution in [0.3, 0.4) is 0 Å². The first-order valence-electron chi connectivity index (χ1n) is 8.01. The maximum Gasteiger partial charge on any atom is 0.341 e. The average Bonchev–Trinajstić information content (AvgIpc) is 3.18. The number of aliphatic carboxylic acids is 1. The Morgan fingerprint density at radius 3 is 2.67 bits per heavy atom. The molecule has 0 aliphatic heterocycles. The molecule has 136 valence electrons. The lowest BCUT2D eigenvalue weighted by molar-refractivity contribution is -0.139. The van der Waals surface area contributed by atoms with E-state index >= 15 is 0 Å². The van der Waals surface area contributed by atoms with Crippen molar-refractivity contribution in [1.29, 1.82) is 0 Å². The number of aromatic nitrogens is 2. The first-order valence-corrected chi connectivity index (χ1v) is 8.01. The van der Waals surface area contributed by atoms with E-state index in [1.807, 2.05) is 30.3 Å². The summed E-state index contributed by atoms with van der Waals surface area (Å²) >= 11 is 0. The Morgan fingerprint density at radius 2 is 1.89 bits per heavy atom. The van der Waals surface area contributed by atoms with Gasteiger partial charge >= 0.3 is 5.97 Å². The van der Waals surface area contributed by atoms with Crippen LogP contribution in [0.5, 0.6) is 5.75 Å². The molecular formula is C19H16N4O4. The molecule has 0 aliphatic carbocycles. The zero-order valence-corrected chi connectivity index (χ0v) is 14.1. The third-order valence-corrected chi connectivity index (χ3v) is 3.53. The van der Waals surface area contributed by atoms with E-state index in [1.165, 1.54) is 6.21 Å². The molecule has 0 saturated heterocycles. The van der Waals surface area contributed by atoms with Crippen LogP contribution in [0.15, 0.2) is 65.8 Å². The molecule has 0 saturated carbocycles. The highest BCUT2D eigenvalue weighted by Gasteiger charge is 2.10. The Labute approximate surface area is 154 Å². The van der Waals surface area contributed by atoms with E-state index in [-0.39, 0.29) is 5.69 Å². The number of hydrazone groups is 1. The van der Waals surface area contributed by atoms with Crippen molar-refractivity contribution in [3.05, 3.63) is 71.9 Å². The minimum atomic E-state index is -1.08. The van der Waals surface area contributed by atoms with Gasteiger partial charge in [0, 0.05) is 11.1 Å². The molecule has 0 fully saturated rings. The Hall–Kier alpha value is -3.94. The van der Waals surface area contributed by atoms with Gasteiger partial charge in [0.2, 0.25) is 0 Å². The minimum Gasteiger partial charge on any atom is -0.481 e. The lowest BCUT2D eigenvalue weighted by Crippen LogP contribution is -2.18. The molecule has 1 aromatic heterocycles. The summed E-state index contributed by atoms with van der Waals surface area (Å²) in [5.41, 5.74) is 4.73. The van der Waals surface area contributed by atoms with Crippen molar-refractivity contribution in [3.8, 4) is 17.0 Å². The molecular weight excluding hydrogens is 348 g/mol. The number of hydrogen-bond acceptors (Lipinski definition) is 5. The Kier molecular flexibility index (Phi) is 5.58. The number of carbonyl (C=O) groups excluding carboxylic acids is 1. The quantitative estimate of drug-likeness (QED) is 0.439. The van der Waals surface area contributed by atoms with Crippen LogP contribution in [-0.4, -0.2) is 40.0 Å². The number of ether oxygens (including phenoxy) is 1. The van der Waals surface area contributed by atoms with Gasteiger partial charge in [0.25, 0.3) is 5.91 Å². The van der Waals surface area contributed by atoms with Crippen molar-refractivity contribution >= 4 is 18.1 Å². The summed E-state index contributed by atoms with van der Waals surface area (Å²) in [7, 11) is 0. The van der Waals surface area contributed by atoms with E-state index in [0.29, 0.717) is 17.0 Å². The summed E-state index contributed by atoms with van der Waals surface area (Å²) in [6, 6.07) is 17.9. The lowest BCUT2D eigenvalue weighted by Gasteiger charge is -2.06. The van der Waals surface area contributed by atoms with Gasteiger partial charge < -0.3 is 9.84 Å². The fraction of sp³-hybridized carbons (Fsp3) is 0.0526. The fourth-order valence-electron chi connectivity index (χ4n) is 2.27. The second kappa shape index (κ2) is 8.43. The third kappa shape index (κ3) is 4.79. The lowest BCUT2D eigenvalue weighted by atomic mass is 10.1. The van der Waals surface area contributed by atoms with Crippen molar-refractivity contribution in [2.75, 3.05) is 6.61 Å². The second-order valence-electron chi connectivity index (χ2n) is 5.45. The first-order chi connectivity index (χ1) is 13.1. The SMILES string of the molecule is O=C(O)COc1ccccc1/C=N/NC(=O)c1cc(-c2ccccc2)n[nH]1. The Bertz CT molecular complexity index is 967. The van der Waals surface area contributed by atoms with Crippen molar-refractivity contribution < 1.29 is 19.4 Å². The largest absolute Gasteiger partial charge is 0.481 e. The summed E-state index contributed by atoms with van der Waals surface area (Å²) in [5, 5.41) is 19.4. The van der Waals surface area contributed by atoms with E-state index in [2.05, 4.69) is 20.7 Å². The van der Waals surface area contributed by atoms with Gasteiger partial charge in [-0.15, -0.1) is 0 Å². The van der Waals surface area contributed by atoms with Gasteiger partial charge in [0.15, 0.2) is 6.61 Å². The van der Waals surface area contributed by atoms with Gasteiger partial charge in [-0.1, -0.05) is 42.5 Å².